The second kappa shape index (κ2) is 6.38. The maximum atomic E-state index is 10.5. The Balaban J connectivity index is 1.58. The van der Waals surface area contributed by atoms with Crippen LogP contribution in [-0.4, -0.2) is 34.3 Å². The van der Waals surface area contributed by atoms with Crippen LogP contribution in [0.15, 0.2) is 54.9 Å². The fourth-order valence-corrected chi connectivity index (χ4v) is 3.69. The summed E-state index contributed by atoms with van der Waals surface area (Å²) in [6.07, 6.45) is 3.99. The highest BCUT2D eigenvalue weighted by molar-refractivity contribution is 6.32. The topological polar surface area (TPSA) is 49.2 Å². The molecule has 1 aliphatic heterocycles. The highest BCUT2D eigenvalue weighted by atomic mass is 35.5. The summed E-state index contributed by atoms with van der Waals surface area (Å²) < 4.78 is 0. The van der Waals surface area contributed by atoms with Crippen LogP contribution < -0.4 is 4.90 Å². The summed E-state index contributed by atoms with van der Waals surface area (Å²) in [4.78, 5) is 10.8. The molecule has 4 nitrogen and oxygen atoms in total. The highest BCUT2D eigenvalue weighted by Crippen LogP contribution is 2.30. The first-order valence-electron chi connectivity index (χ1n) is 8.08. The van der Waals surface area contributed by atoms with Crippen LogP contribution in [0.25, 0.3) is 10.9 Å². The van der Waals surface area contributed by atoms with Crippen LogP contribution in [0, 0.1) is 5.92 Å². The van der Waals surface area contributed by atoms with E-state index in [2.05, 4.69) is 20.9 Å². The number of rotatable bonds is 3. The summed E-state index contributed by atoms with van der Waals surface area (Å²) >= 11 is 6.24. The van der Waals surface area contributed by atoms with Gasteiger partial charge in [-0.1, -0.05) is 29.8 Å². The Bertz CT molecular complexity index is 865. The third kappa shape index (κ3) is 2.83. The standard InChI is InChI=1S/C19H18ClN3O/c20-16-5-3-8-22-19(16)23-11-14(18(24)12-23)10-13-7-9-21-17-6-2-1-4-15(13)17/h1-9,14,18,24H,10-12H2/t14-,18+/m1/s1. The van der Waals surface area contributed by atoms with Crippen LogP contribution >= 0.6 is 11.6 Å². The molecule has 0 amide bonds. The molecule has 4 rings (SSSR count). The molecule has 0 radical (unpaired) electrons. The van der Waals surface area contributed by atoms with Gasteiger partial charge in [0.05, 0.1) is 16.6 Å². The Labute approximate surface area is 145 Å². The first kappa shape index (κ1) is 15.4. The van der Waals surface area contributed by atoms with Gasteiger partial charge >= 0.3 is 0 Å². The van der Waals surface area contributed by atoms with Crippen LogP contribution in [0.3, 0.4) is 0 Å². The van der Waals surface area contributed by atoms with Crippen molar-refractivity contribution >= 4 is 28.3 Å². The van der Waals surface area contributed by atoms with Crippen LogP contribution in [0.1, 0.15) is 5.56 Å². The molecule has 1 fully saturated rings. The number of nitrogens with zero attached hydrogens (tertiary/aromatic N) is 3. The van der Waals surface area contributed by atoms with Crippen molar-refractivity contribution in [3.63, 3.8) is 0 Å². The van der Waals surface area contributed by atoms with Gasteiger partial charge in [0, 0.05) is 36.8 Å². The van der Waals surface area contributed by atoms with E-state index < -0.39 is 6.10 Å². The monoisotopic (exact) mass is 339 g/mol. The van der Waals surface area contributed by atoms with Gasteiger partial charge < -0.3 is 10.0 Å². The van der Waals surface area contributed by atoms with Gasteiger partial charge in [0.25, 0.3) is 0 Å². The molecule has 5 heteroatoms. The Morgan fingerprint density at radius 1 is 1.04 bits per heavy atom. The molecule has 1 N–H and O–H groups in total. The van der Waals surface area contributed by atoms with Gasteiger partial charge in [-0.2, -0.15) is 0 Å². The quantitative estimate of drug-likeness (QED) is 0.795. The van der Waals surface area contributed by atoms with Gasteiger partial charge in [0.15, 0.2) is 0 Å². The van der Waals surface area contributed by atoms with Crippen molar-refractivity contribution in [3.05, 3.63) is 65.4 Å². The van der Waals surface area contributed by atoms with E-state index in [0.29, 0.717) is 11.6 Å². The van der Waals surface area contributed by atoms with Crippen molar-refractivity contribution in [1.29, 1.82) is 0 Å². The van der Waals surface area contributed by atoms with Gasteiger partial charge in [-0.15, -0.1) is 0 Å². The molecule has 1 aromatic carbocycles. The van der Waals surface area contributed by atoms with Crippen LogP contribution in [0.4, 0.5) is 5.82 Å². The van der Waals surface area contributed by atoms with Gasteiger partial charge in [-0.25, -0.2) is 4.98 Å². The van der Waals surface area contributed by atoms with Crippen LogP contribution in [0.2, 0.25) is 5.02 Å². The van der Waals surface area contributed by atoms with Gasteiger partial charge in [0.1, 0.15) is 5.82 Å². The van der Waals surface area contributed by atoms with Crippen molar-refractivity contribution in [2.24, 2.45) is 5.92 Å². The largest absolute Gasteiger partial charge is 0.391 e. The fraction of sp³-hybridized carbons (Fsp3) is 0.263. The molecule has 24 heavy (non-hydrogen) atoms. The smallest absolute Gasteiger partial charge is 0.147 e. The summed E-state index contributed by atoms with van der Waals surface area (Å²) in [7, 11) is 0. The lowest BCUT2D eigenvalue weighted by atomic mass is 9.94. The number of halogens is 1. The zero-order valence-corrected chi connectivity index (χ0v) is 13.9. The molecule has 0 bridgehead atoms. The third-order valence-corrected chi connectivity index (χ3v) is 4.96. The lowest BCUT2D eigenvalue weighted by Gasteiger charge is -2.18. The minimum absolute atomic E-state index is 0.147. The van der Waals surface area contributed by atoms with E-state index in [0.717, 1.165) is 29.7 Å². The van der Waals surface area contributed by atoms with Crippen molar-refractivity contribution in [1.82, 2.24) is 9.97 Å². The number of β-amino-alcohol motifs (C(OH)–C–C–N with tert-alkyl or cyclic N) is 1. The number of pyridine rings is 2. The summed E-state index contributed by atoms with van der Waals surface area (Å²) in [5, 5.41) is 12.3. The minimum atomic E-state index is -0.394. The zero-order valence-electron chi connectivity index (χ0n) is 13.1. The van der Waals surface area contributed by atoms with E-state index in [1.165, 1.54) is 5.56 Å². The van der Waals surface area contributed by atoms with E-state index >= 15 is 0 Å². The Morgan fingerprint density at radius 3 is 2.79 bits per heavy atom. The fourth-order valence-electron chi connectivity index (χ4n) is 3.45. The number of benzene rings is 1. The van der Waals surface area contributed by atoms with E-state index in [9.17, 15) is 5.11 Å². The Hall–Kier alpha value is -2.17. The number of hydrogen-bond donors (Lipinski definition) is 1. The molecular formula is C19H18ClN3O. The number of hydrogen-bond acceptors (Lipinski definition) is 4. The second-order valence-corrected chi connectivity index (χ2v) is 6.64. The third-order valence-electron chi connectivity index (χ3n) is 4.67. The van der Waals surface area contributed by atoms with Crippen molar-refractivity contribution in [3.8, 4) is 0 Å². The van der Waals surface area contributed by atoms with Crippen molar-refractivity contribution in [2.45, 2.75) is 12.5 Å². The summed E-state index contributed by atoms with van der Waals surface area (Å²) in [5.74, 6) is 0.897. The Morgan fingerprint density at radius 2 is 1.92 bits per heavy atom. The minimum Gasteiger partial charge on any atom is -0.391 e. The van der Waals surface area contributed by atoms with Crippen LogP contribution in [0.5, 0.6) is 0 Å². The number of para-hydroxylation sites is 1. The number of aliphatic hydroxyl groups is 1. The van der Waals surface area contributed by atoms with E-state index in [1.54, 1.807) is 6.20 Å². The molecular weight excluding hydrogens is 322 g/mol. The molecule has 0 spiro atoms. The maximum Gasteiger partial charge on any atom is 0.147 e. The molecule has 2 aromatic heterocycles. The van der Waals surface area contributed by atoms with Gasteiger partial charge in [-0.3, -0.25) is 4.98 Å². The van der Waals surface area contributed by atoms with Crippen LogP contribution in [-0.2, 0) is 6.42 Å². The number of anilines is 1. The van der Waals surface area contributed by atoms with Crippen molar-refractivity contribution in [2.75, 3.05) is 18.0 Å². The molecule has 0 unspecified atom stereocenters. The summed E-state index contributed by atoms with van der Waals surface area (Å²) in [5.41, 5.74) is 2.21. The first-order chi connectivity index (χ1) is 11.7. The zero-order chi connectivity index (χ0) is 16.5. The average Bonchev–Trinajstić information content (AvgIpc) is 2.96. The first-order valence-corrected chi connectivity index (χ1v) is 8.46. The number of fused-ring (bicyclic) bond motifs is 1. The maximum absolute atomic E-state index is 10.5. The lowest BCUT2D eigenvalue weighted by Crippen LogP contribution is -2.22. The number of aromatic nitrogens is 2. The van der Waals surface area contributed by atoms with E-state index in [1.807, 2.05) is 42.6 Å². The van der Waals surface area contributed by atoms with E-state index in [4.69, 9.17) is 11.6 Å². The predicted molar refractivity (Wildman–Crippen MR) is 96.4 cm³/mol. The molecule has 0 saturated carbocycles. The molecule has 1 saturated heterocycles. The van der Waals surface area contributed by atoms with Gasteiger partial charge in [-0.05, 0) is 36.2 Å². The SMILES string of the molecule is O[C@H]1CN(c2ncccc2Cl)C[C@H]1Cc1ccnc2ccccc12. The highest BCUT2D eigenvalue weighted by Gasteiger charge is 2.33. The number of aliphatic hydroxyl groups excluding tert-OH is 1. The average molecular weight is 340 g/mol. The molecule has 0 aliphatic carbocycles. The van der Waals surface area contributed by atoms with Gasteiger partial charge in [0.2, 0.25) is 0 Å². The molecule has 3 heterocycles. The van der Waals surface area contributed by atoms with E-state index in [-0.39, 0.29) is 5.92 Å². The summed E-state index contributed by atoms with van der Waals surface area (Å²) in [6.45, 7) is 1.30. The molecule has 2 atom stereocenters. The normalized spacial score (nSPS) is 20.7. The Kier molecular flexibility index (Phi) is 4.08. The molecule has 122 valence electrons. The molecule has 3 aromatic rings. The molecule has 1 aliphatic rings. The predicted octanol–water partition coefficient (Wildman–Crippen LogP) is 3.32. The summed E-state index contributed by atoms with van der Waals surface area (Å²) in [6, 6.07) is 13.8. The van der Waals surface area contributed by atoms with Crippen molar-refractivity contribution < 1.29 is 5.11 Å². The lowest BCUT2D eigenvalue weighted by molar-refractivity contribution is 0.148. The second-order valence-electron chi connectivity index (χ2n) is 6.23.